The van der Waals surface area contributed by atoms with Crippen LogP contribution in [0.3, 0.4) is 0 Å². The molecule has 1 unspecified atom stereocenters. The minimum Gasteiger partial charge on any atom is -0.396 e. The van der Waals surface area contributed by atoms with Gasteiger partial charge >= 0.3 is 0 Å². The zero-order chi connectivity index (χ0) is 13.5. The Hall–Kier alpha value is -0.570. The molecule has 0 amide bonds. The first-order valence-electron chi connectivity index (χ1n) is 7.39. The minimum absolute atomic E-state index is 0.328. The van der Waals surface area contributed by atoms with Gasteiger partial charge in [-0.1, -0.05) is 23.7 Å². The average Bonchev–Trinajstić information content (AvgIpc) is 2.86. The highest BCUT2D eigenvalue weighted by atomic mass is 35.5. The standard InChI is InChI=1S/C16H24ClNO/c17-15-9-7-14(8-10-15)4-1-11-18-12-2-5-16(18)6-3-13-19/h7-10,16,19H,1-6,11-13H2. The lowest BCUT2D eigenvalue weighted by Gasteiger charge is -2.24. The summed E-state index contributed by atoms with van der Waals surface area (Å²) in [5.41, 5.74) is 1.37. The van der Waals surface area contributed by atoms with Gasteiger partial charge in [0.1, 0.15) is 0 Å². The normalized spacial score (nSPS) is 20.0. The van der Waals surface area contributed by atoms with E-state index in [1.54, 1.807) is 0 Å². The number of halogens is 1. The van der Waals surface area contributed by atoms with E-state index in [1.165, 1.54) is 37.9 Å². The molecule has 2 rings (SSSR count). The van der Waals surface area contributed by atoms with Crippen LogP contribution in [-0.2, 0) is 6.42 Å². The molecule has 1 heterocycles. The number of hydrogen-bond acceptors (Lipinski definition) is 2. The summed E-state index contributed by atoms with van der Waals surface area (Å²) < 4.78 is 0. The highest BCUT2D eigenvalue weighted by Crippen LogP contribution is 2.21. The maximum absolute atomic E-state index is 8.93. The second-order valence-corrected chi connectivity index (χ2v) is 5.86. The highest BCUT2D eigenvalue weighted by molar-refractivity contribution is 6.30. The summed E-state index contributed by atoms with van der Waals surface area (Å²) in [5.74, 6) is 0. The van der Waals surface area contributed by atoms with Gasteiger partial charge in [-0.15, -0.1) is 0 Å². The number of rotatable bonds is 7. The van der Waals surface area contributed by atoms with Gasteiger partial charge < -0.3 is 10.0 Å². The molecule has 106 valence electrons. The van der Waals surface area contributed by atoms with Crippen LogP contribution in [0.15, 0.2) is 24.3 Å². The third-order valence-electron chi connectivity index (χ3n) is 4.02. The number of benzene rings is 1. The molecule has 2 nitrogen and oxygen atoms in total. The third kappa shape index (κ3) is 4.79. The summed E-state index contributed by atoms with van der Waals surface area (Å²) in [5, 5.41) is 9.74. The van der Waals surface area contributed by atoms with Crippen LogP contribution in [0, 0.1) is 0 Å². The molecule has 1 saturated heterocycles. The SMILES string of the molecule is OCCCC1CCCN1CCCc1ccc(Cl)cc1. The maximum atomic E-state index is 8.93. The molecular formula is C16H24ClNO. The van der Waals surface area contributed by atoms with E-state index in [4.69, 9.17) is 16.7 Å². The van der Waals surface area contributed by atoms with Crippen molar-refractivity contribution in [1.29, 1.82) is 0 Å². The van der Waals surface area contributed by atoms with Crippen LogP contribution in [0.5, 0.6) is 0 Å². The molecule has 0 spiro atoms. The quantitative estimate of drug-likeness (QED) is 0.827. The predicted molar refractivity (Wildman–Crippen MR) is 80.7 cm³/mol. The van der Waals surface area contributed by atoms with E-state index in [9.17, 15) is 0 Å². The topological polar surface area (TPSA) is 23.5 Å². The van der Waals surface area contributed by atoms with Crippen LogP contribution in [0.1, 0.15) is 37.7 Å². The van der Waals surface area contributed by atoms with Crippen molar-refractivity contribution < 1.29 is 5.11 Å². The summed E-state index contributed by atoms with van der Waals surface area (Å²) in [6, 6.07) is 8.89. The molecule has 0 aliphatic carbocycles. The fourth-order valence-electron chi connectivity index (χ4n) is 2.98. The summed E-state index contributed by atoms with van der Waals surface area (Å²) in [7, 11) is 0. The number of hydrogen-bond donors (Lipinski definition) is 1. The first kappa shape index (κ1) is 14.8. The zero-order valence-electron chi connectivity index (χ0n) is 11.5. The van der Waals surface area contributed by atoms with Crippen molar-refractivity contribution in [2.24, 2.45) is 0 Å². The van der Waals surface area contributed by atoms with Crippen LogP contribution in [0.4, 0.5) is 0 Å². The fraction of sp³-hybridized carbons (Fsp3) is 0.625. The fourth-order valence-corrected chi connectivity index (χ4v) is 3.11. The molecule has 1 aromatic rings. The van der Waals surface area contributed by atoms with Crippen molar-refractivity contribution in [3.05, 3.63) is 34.9 Å². The molecule has 0 saturated carbocycles. The molecule has 1 atom stereocenters. The minimum atomic E-state index is 0.328. The Balaban J connectivity index is 1.71. The Morgan fingerprint density at radius 3 is 2.74 bits per heavy atom. The van der Waals surface area contributed by atoms with E-state index in [-0.39, 0.29) is 0 Å². The number of nitrogens with zero attached hydrogens (tertiary/aromatic N) is 1. The highest BCUT2D eigenvalue weighted by Gasteiger charge is 2.22. The van der Waals surface area contributed by atoms with Crippen molar-refractivity contribution in [1.82, 2.24) is 4.90 Å². The molecule has 3 heteroatoms. The van der Waals surface area contributed by atoms with Crippen LogP contribution in [0.2, 0.25) is 5.02 Å². The summed E-state index contributed by atoms with van der Waals surface area (Å²) in [6.07, 6.45) is 7.05. The van der Waals surface area contributed by atoms with E-state index in [0.29, 0.717) is 12.6 Å². The molecule has 0 aromatic heterocycles. The lowest BCUT2D eigenvalue weighted by molar-refractivity contribution is 0.214. The average molecular weight is 282 g/mol. The molecule has 1 fully saturated rings. The van der Waals surface area contributed by atoms with Crippen LogP contribution >= 0.6 is 11.6 Å². The lowest BCUT2D eigenvalue weighted by Crippen LogP contribution is -2.30. The maximum Gasteiger partial charge on any atom is 0.0431 e. The third-order valence-corrected chi connectivity index (χ3v) is 4.27. The number of aryl methyl sites for hydroxylation is 1. The van der Waals surface area contributed by atoms with Gasteiger partial charge in [0.05, 0.1) is 0 Å². The largest absolute Gasteiger partial charge is 0.396 e. The van der Waals surface area contributed by atoms with Gasteiger partial charge in [0.25, 0.3) is 0 Å². The van der Waals surface area contributed by atoms with Crippen molar-refractivity contribution in [2.45, 2.75) is 44.6 Å². The zero-order valence-corrected chi connectivity index (χ0v) is 12.3. The first-order chi connectivity index (χ1) is 9.29. The Morgan fingerprint density at radius 1 is 1.21 bits per heavy atom. The summed E-state index contributed by atoms with van der Waals surface area (Å²) in [6.45, 7) is 2.74. The van der Waals surface area contributed by atoms with Gasteiger partial charge in [0.2, 0.25) is 0 Å². The molecule has 0 bridgehead atoms. The van der Waals surface area contributed by atoms with Crippen molar-refractivity contribution in [3.63, 3.8) is 0 Å². The number of likely N-dealkylation sites (tertiary alicyclic amines) is 1. The van der Waals surface area contributed by atoms with Gasteiger partial charge in [-0.25, -0.2) is 0 Å². The van der Waals surface area contributed by atoms with Crippen LogP contribution < -0.4 is 0 Å². The van der Waals surface area contributed by atoms with Gasteiger partial charge in [-0.05, 0) is 69.3 Å². The number of aliphatic hydroxyl groups excluding tert-OH is 1. The van der Waals surface area contributed by atoms with Gasteiger partial charge in [-0.3, -0.25) is 0 Å². The van der Waals surface area contributed by atoms with E-state index < -0.39 is 0 Å². The Morgan fingerprint density at radius 2 is 2.00 bits per heavy atom. The smallest absolute Gasteiger partial charge is 0.0431 e. The Kier molecular flexibility index (Phi) is 6.15. The van der Waals surface area contributed by atoms with Crippen LogP contribution in [-0.4, -0.2) is 35.7 Å². The van der Waals surface area contributed by atoms with Crippen molar-refractivity contribution in [2.75, 3.05) is 19.7 Å². The van der Waals surface area contributed by atoms with Crippen LogP contribution in [0.25, 0.3) is 0 Å². The van der Waals surface area contributed by atoms with E-state index in [0.717, 1.165) is 24.3 Å². The Labute approximate surface area is 121 Å². The predicted octanol–water partition coefficient (Wildman–Crippen LogP) is 3.51. The molecule has 1 aromatic carbocycles. The van der Waals surface area contributed by atoms with Crippen molar-refractivity contribution in [3.8, 4) is 0 Å². The monoisotopic (exact) mass is 281 g/mol. The Bertz CT molecular complexity index is 366. The van der Waals surface area contributed by atoms with Crippen molar-refractivity contribution >= 4 is 11.6 Å². The second kappa shape index (κ2) is 7.88. The lowest BCUT2D eigenvalue weighted by atomic mass is 10.1. The molecule has 0 radical (unpaired) electrons. The molecular weight excluding hydrogens is 258 g/mol. The van der Waals surface area contributed by atoms with E-state index in [2.05, 4.69) is 17.0 Å². The van der Waals surface area contributed by atoms with Gasteiger partial charge in [0.15, 0.2) is 0 Å². The molecule has 1 aliphatic rings. The van der Waals surface area contributed by atoms with E-state index in [1.807, 2.05) is 12.1 Å². The summed E-state index contributed by atoms with van der Waals surface area (Å²) in [4.78, 5) is 2.60. The first-order valence-corrected chi connectivity index (χ1v) is 7.77. The molecule has 1 N–H and O–H groups in total. The van der Waals surface area contributed by atoms with Gasteiger partial charge in [0, 0.05) is 17.7 Å². The molecule has 19 heavy (non-hydrogen) atoms. The molecule has 1 aliphatic heterocycles. The number of aliphatic hydroxyl groups is 1. The summed E-state index contributed by atoms with van der Waals surface area (Å²) >= 11 is 5.89. The second-order valence-electron chi connectivity index (χ2n) is 5.43. The van der Waals surface area contributed by atoms with E-state index >= 15 is 0 Å². The van der Waals surface area contributed by atoms with Gasteiger partial charge in [-0.2, -0.15) is 0 Å².